The monoisotopic (exact) mass is 296 g/mol. The van der Waals surface area contributed by atoms with Crippen LogP contribution >= 0.6 is 11.8 Å². The fraction of sp³-hybridized carbons (Fsp3) is 0. The molecule has 0 radical (unpaired) electrons. The van der Waals surface area contributed by atoms with Gasteiger partial charge < -0.3 is 4.42 Å². The van der Waals surface area contributed by atoms with Crippen molar-refractivity contribution < 1.29 is 14.0 Å². The van der Waals surface area contributed by atoms with Crippen LogP contribution in [-0.2, 0) is 4.79 Å². The molecule has 6 heteroatoms. The van der Waals surface area contributed by atoms with Crippen LogP contribution in [0.5, 0.6) is 0 Å². The van der Waals surface area contributed by atoms with Gasteiger partial charge >= 0.3 is 0 Å². The third-order valence-electron chi connectivity index (χ3n) is 2.84. The first-order valence-electron chi connectivity index (χ1n) is 6.01. The Bertz CT molecular complexity index is 797. The van der Waals surface area contributed by atoms with E-state index in [-0.39, 0.29) is 5.24 Å². The Balaban J connectivity index is 1.86. The summed E-state index contributed by atoms with van der Waals surface area (Å²) in [7, 11) is 0. The van der Waals surface area contributed by atoms with Crippen molar-refractivity contribution in [2.24, 2.45) is 0 Å². The summed E-state index contributed by atoms with van der Waals surface area (Å²) < 4.78 is 5.62. The topological polar surface area (TPSA) is 83.1 Å². The van der Waals surface area contributed by atoms with E-state index in [4.69, 9.17) is 9.68 Å². The average Bonchev–Trinajstić information content (AvgIpc) is 3.07. The van der Waals surface area contributed by atoms with E-state index in [9.17, 15) is 9.59 Å². The highest BCUT2D eigenvalue weighted by molar-refractivity contribution is 8.18. The molecule has 3 rings (SSSR count). The second-order valence-corrected chi connectivity index (χ2v) is 5.26. The van der Waals surface area contributed by atoms with Crippen LogP contribution in [0.25, 0.3) is 17.4 Å². The molecule has 1 aromatic carbocycles. The maximum absolute atomic E-state index is 11.4. The summed E-state index contributed by atoms with van der Waals surface area (Å²) in [6.07, 6.45) is 1.53. The van der Waals surface area contributed by atoms with E-state index >= 15 is 0 Å². The zero-order valence-electron chi connectivity index (χ0n) is 10.6. The number of furan rings is 1. The lowest BCUT2D eigenvalue weighted by Gasteiger charge is -1.96. The van der Waals surface area contributed by atoms with Gasteiger partial charge in [0.05, 0.1) is 16.5 Å². The van der Waals surface area contributed by atoms with Gasteiger partial charge in [0.25, 0.3) is 11.1 Å². The Morgan fingerprint density at radius 1 is 1.14 bits per heavy atom. The number of thioether (sulfide) groups is 1. The minimum absolute atomic E-state index is 0.306. The van der Waals surface area contributed by atoms with Crippen molar-refractivity contribution in [3.8, 4) is 17.4 Å². The van der Waals surface area contributed by atoms with Gasteiger partial charge in [0.15, 0.2) is 0 Å². The normalized spacial score (nSPS) is 16.0. The van der Waals surface area contributed by atoms with Gasteiger partial charge in [0, 0.05) is 11.6 Å². The van der Waals surface area contributed by atoms with E-state index in [0.717, 1.165) is 17.3 Å². The Morgan fingerprint density at radius 3 is 2.52 bits per heavy atom. The number of amides is 2. The molecular formula is C15H8N2O3S. The van der Waals surface area contributed by atoms with Crippen LogP contribution in [0.15, 0.2) is 45.7 Å². The van der Waals surface area contributed by atoms with E-state index in [0.29, 0.717) is 22.0 Å². The number of benzene rings is 1. The summed E-state index contributed by atoms with van der Waals surface area (Å²) in [5, 5.41) is 10.6. The number of carbonyl (C=O) groups is 2. The molecular weight excluding hydrogens is 288 g/mol. The zero-order chi connectivity index (χ0) is 14.8. The van der Waals surface area contributed by atoms with Crippen molar-refractivity contribution in [2.45, 2.75) is 0 Å². The van der Waals surface area contributed by atoms with Crippen LogP contribution in [0.1, 0.15) is 11.3 Å². The van der Waals surface area contributed by atoms with Gasteiger partial charge in [0.2, 0.25) is 0 Å². The van der Waals surface area contributed by atoms with E-state index in [2.05, 4.69) is 5.32 Å². The molecule has 5 nitrogen and oxygen atoms in total. The number of carbonyl (C=O) groups excluding carboxylic acids is 2. The molecule has 0 spiro atoms. The first kappa shape index (κ1) is 13.2. The highest BCUT2D eigenvalue weighted by Gasteiger charge is 2.25. The van der Waals surface area contributed by atoms with E-state index in [1.165, 1.54) is 6.08 Å². The average molecular weight is 296 g/mol. The number of rotatable bonds is 2. The van der Waals surface area contributed by atoms with Crippen LogP contribution in [-0.4, -0.2) is 11.1 Å². The first-order chi connectivity index (χ1) is 10.2. The minimum atomic E-state index is -0.415. The molecule has 1 aliphatic heterocycles. The van der Waals surface area contributed by atoms with E-state index in [1.807, 2.05) is 6.07 Å². The Hall–Kier alpha value is -2.78. The molecule has 1 N–H and O–H groups in total. The number of hydrogen-bond acceptors (Lipinski definition) is 5. The largest absolute Gasteiger partial charge is 0.457 e. The summed E-state index contributed by atoms with van der Waals surface area (Å²) >= 11 is 0.844. The van der Waals surface area contributed by atoms with Crippen molar-refractivity contribution in [2.75, 3.05) is 0 Å². The molecule has 1 aromatic heterocycles. The molecule has 2 aromatic rings. The standard InChI is InChI=1S/C15H8N2O3S/c16-8-9-1-3-10(4-2-9)12-6-5-11(20-12)7-13-14(18)17-15(19)21-13/h1-7H,(H,17,18,19)/b13-7+. The number of nitrogens with one attached hydrogen (secondary N) is 1. The third-order valence-corrected chi connectivity index (χ3v) is 3.65. The maximum Gasteiger partial charge on any atom is 0.290 e. The zero-order valence-corrected chi connectivity index (χ0v) is 11.4. The van der Waals surface area contributed by atoms with Crippen molar-refractivity contribution in [1.82, 2.24) is 5.32 Å². The van der Waals surface area contributed by atoms with Gasteiger partial charge in [-0.15, -0.1) is 0 Å². The van der Waals surface area contributed by atoms with Gasteiger partial charge in [-0.2, -0.15) is 5.26 Å². The van der Waals surface area contributed by atoms with Crippen LogP contribution < -0.4 is 5.32 Å². The summed E-state index contributed by atoms with van der Waals surface area (Å²) in [4.78, 5) is 22.8. The van der Waals surface area contributed by atoms with Gasteiger partial charge in [0.1, 0.15) is 11.5 Å². The predicted molar refractivity (Wildman–Crippen MR) is 78.0 cm³/mol. The first-order valence-corrected chi connectivity index (χ1v) is 6.82. The number of imide groups is 1. The smallest absolute Gasteiger partial charge is 0.290 e. The molecule has 1 fully saturated rings. The van der Waals surface area contributed by atoms with Crippen molar-refractivity contribution in [1.29, 1.82) is 5.26 Å². The molecule has 0 atom stereocenters. The second-order valence-electron chi connectivity index (χ2n) is 4.24. The Morgan fingerprint density at radius 2 is 1.90 bits per heavy atom. The number of nitrogens with zero attached hydrogens (tertiary/aromatic N) is 1. The van der Waals surface area contributed by atoms with Crippen LogP contribution in [0.2, 0.25) is 0 Å². The van der Waals surface area contributed by atoms with Crippen LogP contribution in [0, 0.1) is 11.3 Å². The lowest BCUT2D eigenvalue weighted by Crippen LogP contribution is -2.17. The van der Waals surface area contributed by atoms with Gasteiger partial charge in [-0.25, -0.2) is 0 Å². The lowest BCUT2D eigenvalue weighted by atomic mass is 10.1. The number of nitriles is 1. The molecule has 0 unspecified atom stereocenters. The summed E-state index contributed by atoms with van der Waals surface area (Å²) in [6, 6.07) is 12.5. The highest BCUT2D eigenvalue weighted by Crippen LogP contribution is 2.28. The summed E-state index contributed by atoms with van der Waals surface area (Å²) in [5.74, 6) is 0.698. The SMILES string of the molecule is N#Cc1ccc(-c2ccc(/C=C3/SC(=O)NC3=O)o2)cc1. The molecule has 0 bridgehead atoms. The molecule has 0 aliphatic carbocycles. The van der Waals surface area contributed by atoms with Crippen molar-refractivity contribution in [3.63, 3.8) is 0 Å². The maximum atomic E-state index is 11.4. The van der Waals surface area contributed by atoms with Crippen LogP contribution in [0.3, 0.4) is 0 Å². The quantitative estimate of drug-likeness (QED) is 0.861. The van der Waals surface area contributed by atoms with E-state index < -0.39 is 5.91 Å². The molecule has 1 saturated heterocycles. The summed E-state index contributed by atoms with van der Waals surface area (Å²) in [6.45, 7) is 0. The second kappa shape index (κ2) is 5.31. The molecule has 102 valence electrons. The molecule has 0 saturated carbocycles. The van der Waals surface area contributed by atoms with Gasteiger partial charge in [-0.3, -0.25) is 14.9 Å². The third kappa shape index (κ3) is 2.73. The predicted octanol–water partition coefficient (Wildman–Crippen LogP) is 3.14. The fourth-order valence-electron chi connectivity index (χ4n) is 1.84. The molecule has 1 aliphatic rings. The highest BCUT2D eigenvalue weighted by atomic mass is 32.2. The Labute approximate surface area is 124 Å². The minimum Gasteiger partial charge on any atom is -0.457 e. The van der Waals surface area contributed by atoms with Crippen molar-refractivity contribution >= 4 is 29.0 Å². The molecule has 2 heterocycles. The molecule has 2 amide bonds. The van der Waals surface area contributed by atoms with Crippen LogP contribution in [0.4, 0.5) is 4.79 Å². The summed E-state index contributed by atoms with van der Waals surface area (Å²) in [5.41, 5.74) is 1.41. The fourth-order valence-corrected chi connectivity index (χ4v) is 2.51. The van der Waals surface area contributed by atoms with Crippen molar-refractivity contribution in [3.05, 3.63) is 52.6 Å². The van der Waals surface area contributed by atoms with E-state index in [1.54, 1.807) is 36.4 Å². The lowest BCUT2D eigenvalue weighted by molar-refractivity contribution is -0.115. The number of hydrogen-bond donors (Lipinski definition) is 1. The van der Waals surface area contributed by atoms with Gasteiger partial charge in [-0.05, 0) is 48.2 Å². The Kier molecular flexibility index (Phi) is 3.34. The molecule has 21 heavy (non-hydrogen) atoms. The van der Waals surface area contributed by atoms with Gasteiger partial charge in [-0.1, -0.05) is 0 Å².